The quantitative estimate of drug-likeness (QED) is 0.530. The lowest BCUT2D eigenvalue weighted by molar-refractivity contribution is -0.139. The maximum atomic E-state index is 13.6. The first-order valence-corrected chi connectivity index (χ1v) is 12.8. The summed E-state index contributed by atoms with van der Waals surface area (Å²) >= 11 is 5.68. The van der Waals surface area contributed by atoms with Crippen LogP contribution in [0.25, 0.3) is 0 Å². The second-order valence-corrected chi connectivity index (χ2v) is 10.9. The van der Waals surface area contributed by atoms with Crippen LogP contribution in [0, 0.1) is 12.7 Å². The van der Waals surface area contributed by atoms with E-state index in [0.717, 1.165) is 17.3 Å². The lowest BCUT2D eigenvalue weighted by atomic mass is 9.60. The molecule has 2 bridgehead atoms. The van der Waals surface area contributed by atoms with Gasteiger partial charge in [-0.05, 0) is 68.9 Å². The molecule has 2 amide bonds. The summed E-state index contributed by atoms with van der Waals surface area (Å²) in [6.07, 6.45) is 1.13. The molecule has 0 saturated heterocycles. The first-order chi connectivity index (χ1) is 17.6. The van der Waals surface area contributed by atoms with Crippen LogP contribution in [-0.2, 0) is 9.59 Å². The molecule has 1 aliphatic heterocycles. The van der Waals surface area contributed by atoms with Crippen molar-refractivity contribution in [3.8, 4) is 11.5 Å². The molecule has 1 unspecified atom stereocenters. The average molecular weight is 532 g/mol. The predicted molar refractivity (Wildman–Crippen MR) is 137 cm³/mol. The van der Waals surface area contributed by atoms with E-state index >= 15 is 0 Å². The lowest BCUT2D eigenvalue weighted by Gasteiger charge is -2.56. The first-order valence-electron chi connectivity index (χ1n) is 12.5. The van der Waals surface area contributed by atoms with E-state index < -0.39 is 35.0 Å². The maximum absolute atomic E-state index is 13.6. The van der Waals surface area contributed by atoms with Gasteiger partial charge in [-0.3, -0.25) is 9.59 Å². The molecule has 3 saturated carbocycles. The fourth-order valence-electron chi connectivity index (χ4n) is 5.73. The molecule has 3 aliphatic carbocycles. The molecule has 198 valence electrons. The van der Waals surface area contributed by atoms with E-state index in [-0.39, 0.29) is 23.3 Å². The SMILES string of the molecule is Cc1ccc2c(c1)N(C)CC(C(=O)NC13CCC(NC(=O)COc4ccc(Cl)c(F)c4)(CC1)[C@@H](O)C3)O2. The minimum absolute atomic E-state index is 0.0271. The fourth-order valence-corrected chi connectivity index (χ4v) is 5.85. The topological polar surface area (TPSA) is 100 Å². The molecule has 10 heteroatoms. The fraction of sp³-hybridized carbons (Fsp3) is 0.481. The highest BCUT2D eigenvalue weighted by Crippen LogP contribution is 2.47. The molecule has 3 N–H and O–H groups in total. The zero-order chi connectivity index (χ0) is 26.4. The molecular formula is C27H31ClFN3O5. The molecule has 8 nitrogen and oxygen atoms in total. The first kappa shape index (κ1) is 25.6. The van der Waals surface area contributed by atoms with Crippen LogP contribution in [0.15, 0.2) is 36.4 Å². The number of rotatable bonds is 6. The van der Waals surface area contributed by atoms with Gasteiger partial charge in [0.15, 0.2) is 12.7 Å². The zero-order valence-corrected chi connectivity index (χ0v) is 21.6. The number of hydrogen-bond donors (Lipinski definition) is 3. The van der Waals surface area contributed by atoms with Gasteiger partial charge in [0.05, 0.1) is 28.9 Å². The molecule has 0 radical (unpaired) electrons. The number of carbonyl (C=O) groups is 2. The van der Waals surface area contributed by atoms with Crippen LogP contribution >= 0.6 is 11.6 Å². The van der Waals surface area contributed by atoms with Crippen LogP contribution in [0.3, 0.4) is 0 Å². The van der Waals surface area contributed by atoms with Gasteiger partial charge in [-0.25, -0.2) is 4.39 Å². The number of aryl methyl sites for hydroxylation is 1. The summed E-state index contributed by atoms with van der Waals surface area (Å²) in [6, 6.07) is 9.84. The number of nitrogens with zero attached hydrogens (tertiary/aromatic N) is 1. The number of amides is 2. The van der Waals surface area contributed by atoms with Crippen molar-refractivity contribution in [2.45, 2.75) is 62.3 Å². The van der Waals surface area contributed by atoms with E-state index in [9.17, 15) is 19.1 Å². The summed E-state index contributed by atoms with van der Waals surface area (Å²) in [5.74, 6) is -0.365. The van der Waals surface area contributed by atoms with Gasteiger partial charge < -0.3 is 30.1 Å². The summed E-state index contributed by atoms with van der Waals surface area (Å²) < 4.78 is 25.0. The number of carbonyl (C=O) groups excluding carboxylic acids is 2. The monoisotopic (exact) mass is 531 g/mol. The third-order valence-corrected chi connectivity index (χ3v) is 8.19. The van der Waals surface area contributed by atoms with E-state index in [2.05, 4.69) is 10.6 Å². The summed E-state index contributed by atoms with van der Waals surface area (Å²) in [6.45, 7) is 2.13. The number of aliphatic hydroxyl groups is 1. The average Bonchev–Trinajstić information content (AvgIpc) is 2.86. The van der Waals surface area contributed by atoms with Crippen LogP contribution in [-0.4, -0.2) is 60.4 Å². The molecule has 1 heterocycles. The van der Waals surface area contributed by atoms with Crippen molar-refractivity contribution in [2.75, 3.05) is 25.1 Å². The van der Waals surface area contributed by atoms with Gasteiger partial charge in [-0.15, -0.1) is 0 Å². The molecule has 3 fully saturated rings. The van der Waals surface area contributed by atoms with Crippen molar-refractivity contribution in [3.05, 3.63) is 52.8 Å². The number of aliphatic hydroxyl groups excluding tert-OH is 1. The zero-order valence-electron chi connectivity index (χ0n) is 20.9. The van der Waals surface area contributed by atoms with E-state index in [4.69, 9.17) is 21.1 Å². The summed E-state index contributed by atoms with van der Waals surface area (Å²) in [5.41, 5.74) is 0.751. The maximum Gasteiger partial charge on any atom is 0.263 e. The van der Waals surface area contributed by atoms with E-state index in [1.165, 1.54) is 12.1 Å². The van der Waals surface area contributed by atoms with Gasteiger partial charge >= 0.3 is 0 Å². The van der Waals surface area contributed by atoms with Crippen molar-refractivity contribution in [3.63, 3.8) is 0 Å². The number of benzene rings is 2. The molecule has 6 rings (SSSR count). The highest BCUT2D eigenvalue weighted by Gasteiger charge is 2.55. The normalized spacial score (nSPS) is 28.2. The van der Waals surface area contributed by atoms with Crippen LogP contribution in [0.2, 0.25) is 5.02 Å². The van der Waals surface area contributed by atoms with Gasteiger partial charge in [0.2, 0.25) is 0 Å². The second-order valence-electron chi connectivity index (χ2n) is 10.5. The Morgan fingerprint density at radius 2 is 1.95 bits per heavy atom. The number of hydrogen-bond acceptors (Lipinski definition) is 6. The molecule has 2 aromatic carbocycles. The minimum Gasteiger partial charge on any atom is -0.484 e. The van der Waals surface area contributed by atoms with Gasteiger partial charge in [0, 0.05) is 18.7 Å². The van der Waals surface area contributed by atoms with Gasteiger partial charge in [0.25, 0.3) is 11.8 Å². The van der Waals surface area contributed by atoms with E-state index in [1.807, 2.05) is 37.1 Å². The Bertz CT molecular complexity index is 1220. The molecule has 4 aliphatic rings. The van der Waals surface area contributed by atoms with Crippen molar-refractivity contribution in [1.29, 1.82) is 0 Å². The van der Waals surface area contributed by atoms with E-state index in [1.54, 1.807) is 0 Å². The van der Waals surface area contributed by atoms with Crippen molar-refractivity contribution in [1.82, 2.24) is 10.6 Å². The molecule has 0 spiro atoms. The Morgan fingerprint density at radius 1 is 1.19 bits per heavy atom. The number of halogens is 2. The smallest absolute Gasteiger partial charge is 0.263 e. The van der Waals surface area contributed by atoms with Crippen molar-refractivity contribution in [2.24, 2.45) is 0 Å². The minimum atomic E-state index is -0.828. The summed E-state index contributed by atoms with van der Waals surface area (Å²) in [7, 11) is 1.94. The number of likely N-dealkylation sites (N-methyl/N-ethyl adjacent to an activating group) is 1. The molecular weight excluding hydrogens is 501 g/mol. The Hall–Kier alpha value is -3.04. The summed E-state index contributed by atoms with van der Waals surface area (Å²) in [5, 5.41) is 17.1. The van der Waals surface area contributed by atoms with Gasteiger partial charge in [-0.1, -0.05) is 17.7 Å². The Kier molecular flexibility index (Phi) is 6.70. The Morgan fingerprint density at radius 3 is 2.65 bits per heavy atom. The molecule has 37 heavy (non-hydrogen) atoms. The number of ether oxygens (including phenoxy) is 2. The van der Waals surface area contributed by atoms with Crippen LogP contribution < -0.4 is 25.0 Å². The number of anilines is 1. The molecule has 0 aromatic heterocycles. The number of nitrogens with one attached hydrogen (secondary N) is 2. The Balaban J connectivity index is 1.17. The molecule has 2 atom stereocenters. The number of fused-ring (bicyclic) bond motifs is 4. The van der Waals surface area contributed by atoms with Gasteiger partial charge in [0.1, 0.15) is 17.3 Å². The lowest BCUT2D eigenvalue weighted by Crippen LogP contribution is -2.71. The van der Waals surface area contributed by atoms with Crippen LogP contribution in [0.4, 0.5) is 10.1 Å². The van der Waals surface area contributed by atoms with Crippen molar-refractivity contribution >= 4 is 29.1 Å². The Labute approximate surface area is 220 Å². The van der Waals surface area contributed by atoms with Gasteiger partial charge in [-0.2, -0.15) is 0 Å². The highest BCUT2D eigenvalue weighted by molar-refractivity contribution is 6.30. The second kappa shape index (κ2) is 9.68. The van der Waals surface area contributed by atoms with Crippen molar-refractivity contribution < 1.29 is 28.6 Å². The third-order valence-electron chi connectivity index (χ3n) is 7.89. The standard InChI is InChI=1S/C27H31ClFN3O5/c1-16-3-6-21-20(11-16)32(2)14-22(37-21)25(35)31-26-7-9-27(10-8-26,23(33)13-26)30-24(34)15-36-17-4-5-18(28)19(29)12-17/h3-6,11-12,22-23,33H,7-10,13-15H2,1-2H3,(H,30,34)(H,31,35)/t22?,23-,26?,27?/m0/s1. The molecule has 2 aromatic rings. The third kappa shape index (κ3) is 5.07. The summed E-state index contributed by atoms with van der Waals surface area (Å²) in [4.78, 5) is 27.9. The van der Waals surface area contributed by atoms with Crippen LogP contribution in [0.5, 0.6) is 11.5 Å². The largest absolute Gasteiger partial charge is 0.484 e. The van der Waals surface area contributed by atoms with Crippen LogP contribution in [0.1, 0.15) is 37.7 Å². The predicted octanol–water partition coefficient (Wildman–Crippen LogP) is 3.11. The highest BCUT2D eigenvalue weighted by atomic mass is 35.5. The van der Waals surface area contributed by atoms with E-state index in [0.29, 0.717) is 44.4 Å².